The Hall–Kier alpha value is -4.97. The summed E-state index contributed by atoms with van der Waals surface area (Å²) in [5, 5.41) is 0. The summed E-state index contributed by atoms with van der Waals surface area (Å²) in [7, 11) is 0. The molecule has 0 aliphatic carbocycles. The van der Waals surface area contributed by atoms with Crippen LogP contribution in [0.2, 0.25) is 0 Å². The molecule has 0 saturated heterocycles. The van der Waals surface area contributed by atoms with Crippen molar-refractivity contribution < 1.29 is 28.6 Å². The first kappa shape index (κ1) is 66.0. The van der Waals surface area contributed by atoms with Gasteiger partial charge >= 0.3 is 17.9 Å². The Balaban J connectivity index is 4.58. The molecule has 1 atom stereocenters. The number of carbonyl (C=O) groups excluding carboxylic acids is 3. The van der Waals surface area contributed by atoms with Crippen molar-refractivity contribution in [3.05, 3.63) is 158 Å². The van der Waals surface area contributed by atoms with Crippen molar-refractivity contribution in [2.75, 3.05) is 13.2 Å². The maximum atomic E-state index is 12.9. The lowest BCUT2D eigenvalue weighted by Gasteiger charge is -2.18. The van der Waals surface area contributed by atoms with Crippen molar-refractivity contribution in [1.82, 2.24) is 0 Å². The fourth-order valence-electron chi connectivity index (χ4n) is 6.92. The second-order valence-electron chi connectivity index (χ2n) is 17.7. The Labute approximate surface area is 435 Å². The maximum absolute atomic E-state index is 12.9. The minimum absolute atomic E-state index is 0.119. The normalized spacial score (nSPS) is 13.3. The van der Waals surface area contributed by atoms with Gasteiger partial charge in [-0.15, -0.1) is 0 Å². The molecule has 0 amide bonds. The van der Waals surface area contributed by atoms with Crippen LogP contribution in [-0.4, -0.2) is 37.2 Å². The number of unbranched alkanes of at least 4 members (excludes halogenated alkanes) is 11. The zero-order valence-electron chi connectivity index (χ0n) is 45.2. The molecule has 6 heteroatoms. The highest BCUT2D eigenvalue weighted by Gasteiger charge is 2.19. The highest BCUT2D eigenvalue weighted by atomic mass is 16.6. The Morgan fingerprint density at radius 1 is 0.282 bits per heavy atom. The molecular formula is C65H100O6. The highest BCUT2D eigenvalue weighted by Crippen LogP contribution is 2.12. The van der Waals surface area contributed by atoms with E-state index in [4.69, 9.17) is 14.2 Å². The van der Waals surface area contributed by atoms with E-state index in [0.717, 1.165) is 167 Å². The van der Waals surface area contributed by atoms with E-state index in [1.165, 1.54) is 0 Å². The van der Waals surface area contributed by atoms with Gasteiger partial charge in [-0.05, 0) is 141 Å². The van der Waals surface area contributed by atoms with Crippen molar-refractivity contribution in [1.29, 1.82) is 0 Å². The van der Waals surface area contributed by atoms with Crippen LogP contribution in [0.25, 0.3) is 0 Å². The van der Waals surface area contributed by atoms with E-state index < -0.39 is 6.10 Å². The second-order valence-corrected chi connectivity index (χ2v) is 17.7. The number of allylic oxidation sites excluding steroid dienone is 26. The Bertz CT molecular complexity index is 1640. The van der Waals surface area contributed by atoms with Crippen LogP contribution in [0.1, 0.15) is 213 Å². The molecule has 0 aromatic heterocycles. The summed E-state index contributed by atoms with van der Waals surface area (Å²) in [6.45, 7) is 6.21. The van der Waals surface area contributed by atoms with E-state index in [0.29, 0.717) is 19.3 Å². The molecule has 0 spiro atoms. The Morgan fingerprint density at radius 3 is 0.803 bits per heavy atom. The topological polar surface area (TPSA) is 78.9 Å². The van der Waals surface area contributed by atoms with Gasteiger partial charge in [-0.1, -0.05) is 211 Å². The lowest BCUT2D eigenvalue weighted by Crippen LogP contribution is -2.30. The molecule has 0 aliphatic heterocycles. The molecule has 71 heavy (non-hydrogen) atoms. The van der Waals surface area contributed by atoms with Crippen molar-refractivity contribution in [3.63, 3.8) is 0 Å². The summed E-state index contributed by atoms with van der Waals surface area (Å²) in [5.41, 5.74) is 0. The SMILES string of the molecule is CC/C=C\C/C=C\C/C=C\C/C=C\C/C=C\CCCCCC(=O)OC[C@H](COC(=O)CCCCCCC/C=C\C/C=C\C/C=C\CC)OC(=O)CCCCC/C=C\C/C=C\C/C=C\C/C=C\C/C=C\CC. The quantitative estimate of drug-likeness (QED) is 0.0262. The van der Waals surface area contributed by atoms with E-state index in [2.05, 4.69) is 179 Å². The molecule has 0 N–H and O–H groups in total. The molecule has 396 valence electrons. The van der Waals surface area contributed by atoms with Crippen molar-refractivity contribution in [2.24, 2.45) is 0 Å². The summed E-state index contributed by atoms with van der Waals surface area (Å²) in [5.74, 6) is -1.01. The van der Waals surface area contributed by atoms with E-state index >= 15 is 0 Å². The number of hydrogen-bond donors (Lipinski definition) is 0. The molecule has 6 nitrogen and oxygen atoms in total. The second kappa shape index (κ2) is 57.6. The summed E-state index contributed by atoms with van der Waals surface area (Å²) >= 11 is 0. The molecule has 0 saturated carbocycles. The van der Waals surface area contributed by atoms with Crippen LogP contribution in [-0.2, 0) is 28.6 Å². The molecule has 0 unspecified atom stereocenters. The van der Waals surface area contributed by atoms with E-state index in [-0.39, 0.29) is 37.5 Å². The van der Waals surface area contributed by atoms with Gasteiger partial charge in [-0.25, -0.2) is 0 Å². The van der Waals surface area contributed by atoms with Crippen LogP contribution >= 0.6 is 0 Å². The number of rotatable bonds is 48. The van der Waals surface area contributed by atoms with Gasteiger partial charge in [-0.2, -0.15) is 0 Å². The van der Waals surface area contributed by atoms with Crippen molar-refractivity contribution in [3.8, 4) is 0 Å². The largest absolute Gasteiger partial charge is 0.462 e. The number of esters is 3. The lowest BCUT2D eigenvalue weighted by molar-refractivity contribution is -0.167. The molecule has 0 bridgehead atoms. The van der Waals surface area contributed by atoms with Gasteiger partial charge in [0, 0.05) is 19.3 Å². The standard InChI is InChI=1S/C65H100O6/c1-4-7-10-13-16-19-22-25-28-30-32-34-37-40-43-46-49-52-55-58-64(67)70-61-62(60-69-63(66)57-54-51-48-45-42-39-36-27-24-21-18-15-12-9-6-3)71-65(68)59-56-53-50-47-44-41-38-35-33-31-29-26-23-20-17-14-11-8-5-2/h7-12,16-21,25-29,32-36,40-41,43-44,62H,4-6,13-15,22-24,30-31,37-39,42,45-61H2,1-3H3/b10-7-,11-8-,12-9-,19-16-,20-17-,21-18-,28-25-,29-26-,34-32-,35-33-,36-27-,43-40-,44-41-/t62-/m0/s1. The van der Waals surface area contributed by atoms with Crippen LogP contribution in [0.3, 0.4) is 0 Å². The summed E-state index contributed by atoms with van der Waals surface area (Å²) < 4.78 is 16.8. The first-order valence-electron chi connectivity index (χ1n) is 28.0. The molecule has 0 aromatic rings. The highest BCUT2D eigenvalue weighted by molar-refractivity contribution is 5.71. The molecule has 0 fully saturated rings. The van der Waals surface area contributed by atoms with Crippen LogP contribution in [0.15, 0.2) is 158 Å². The maximum Gasteiger partial charge on any atom is 0.306 e. The van der Waals surface area contributed by atoms with E-state index in [9.17, 15) is 14.4 Å². The lowest BCUT2D eigenvalue weighted by atomic mass is 10.1. The van der Waals surface area contributed by atoms with Gasteiger partial charge in [-0.3, -0.25) is 14.4 Å². The number of hydrogen-bond acceptors (Lipinski definition) is 6. The van der Waals surface area contributed by atoms with Gasteiger partial charge in [0.25, 0.3) is 0 Å². The van der Waals surface area contributed by atoms with Gasteiger partial charge in [0.05, 0.1) is 0 Å². The number of ether oxygens (including phenoxy) is 3. The van der Waals surface area contributed by atoms with Gasteiger partial charge in [0.15, 0.2) is 6.10 Å². The van der Waals surface area contributed by atoms with Gasteiger partial charge in [0.2, 0.25) is 0 Å². The van der Waals surface area contributed by atoms with Crippen molar-refractivity contribution in [2.45, 2.75) is 219 Å². The van der Waals surface area contributed by atoms with Gasteiger partial charge < -0.3 is 14.2 Å². The first-order chi connectivity index (χ1) is 35.0. The van der Waals surface area contributed by atoms with Crippen molar-refractivity contribution >= 4 is 17.9 Å². The average Bonchev–Trinajstić information content (AvgIpc) is 3.37. The first-order valence-corrected chi connectivity index (χ1v) is 28.0. The summed E-state index contributed by atoms with van der Waals surface area (Å²) in [4.78, 5) is 38.2. The smallest absolute Gasteiger partial charge is 0.306 e. The molecule has 0 radical (unpaired) electrons. The summed E-state index contributed by atoms with van der Waals surface area (Å²) in [6, 6.07) is 0. The fraction of sp³-hybridized carbons (Fsp3) is 0.554. The zero-order valence-corrected chi connectivity index (χ0v) is 45.2. The third-order valence-electron chi connectivity index (χ3n) is 11.0. The Morgan fingerprint density at radius 2 is 0.507 bits per heavy atom. The predicted octanol–water partition coefficient (Wildman–Crippen LogP) is 19.0. The number of carbonyl (C=O) groups is 3. The predicted molar refractivity (Wildman–Crippen MR) is 306 cm³/mol. The molecule has 0 aromatic carbocycles. The average molecular weight is 978 g/mol. The van der Waals surface area contributed by atoms with E-state index in [1.807, 2.05) is 0 Å². The minimum atomic E-state index is -0.825. The summed E-state index contributed by atoms with van der Waals surface area (Å²) in [6.07, 6.45) is 83.7. The molecule has 0 heterocycles. The Kier molecular flexibility index (Phi) is 53.6. The van der Waals surface area contributed by atoms with Crippen LogP contribution in [0, 0.1) is 0 Å². The van der Waals surface area contributed by atoms with Crippen LogP contribution in [0.5, 0.6) is 0 Å². The molecular weight excluding hydrogens is 877 g/mol. The third-order valence-corrected chi connectivity index (χ3v) is 11.0. The van der Waals surface area contributed by atoms with Gasteiger partial charge in [0.1, 0.15) is 13.2 Å². The van der Waals surface area contributed by atoms with E-state index in [1.54, 1.807) is 0 Å². The third kappa shape index (κ3) is 55.8. The minimum Gasteiger partial charge on any atom is -0.462 e. The monoisotopic (exact) mass is 977 g/mol. The fourth-order valence-corrected chi connectivity index (χ4v) is 6.92. The van der Waals surface area contributed by atoms with Crippen LogP contribution < -0.4 is 0 Å². The zero-order chi connectivity index (χ0) is 51.4. The molecule has 0 aliphatic rings. The molecule has 0 rings (SSSR count). The van der Waals surface area contributed by atoms with Crippen LogP contribution in [0.4, 0.5) is 0 Å².